The minimum atomic E-state index is -0.711. The van der Waals surface area contributed by atoms with E-state index in [4.69, 9.17) is 4.74 Å². The molecule has 3 rings (SSSR count). The van der Waals surface area contributed by atoms with Gasteiger partial charge in [-0.1, -0.05) is 36.4 Å². The Labute approximate surface area is 185 Å². The summed E-state index contributed by atoms with van der Waals surface area (Å²) in [5, 5.41) is 11.7. The second-order valence-electron chi connectivity index (χ2n) is 6.17. The Balaban J connectivity index is 1.73. The first-order valence-electron chi connectivity index (χ1n) is 8.81. The van der Waals surface area contributed by atoms with Crippen molar-refractivity contribution in [3.05, 3.63) is 98.6 Å². The first-order chi connectivity index (χ1) is 14.5. The van der Waals surface area contributed by atoms with Gasteiger partial charge in [0.15, 0.2) is 0 Å². The van der Waals surface area contributed by atoms with Crippen LogP contribution in [0.2, 0.25) is 0 Å². The molecule has 0 aromatic heterocycles. The first kappa shape index (κ1) is 21.5. The minimum absolute atomic E-state index is 0.00452. The van der Waals surface area contributed by atoms with Crippen molar-refractivity contribution in [2.75, 3.05) is 5.32 Å². The smallest absolute Gasteiger partial charge is 0.266 e. The first-order valence-corrected chi connectivity index (χ1v) is 9.89. The summed E-state index contributed by atoms with van der Waals surface area (Å²) in [5.41, 5.74) is 0.857. The Hall–Kier alpha value is -3.25. The summed E-state index contributed by atoms with van der Waals surface area (Å²) in [6.45, 7) is 0.0757. The SMILES string of the molecule is N#C/C(=C/c1ccc(OCc2ccccc2F)c(I)c1)C(=O)Nc1ccccc1F. The summed E-state index contributed by atoms with van der Waals surface area (Å²) in [4.78, 5) is 12.3. The molecular formula is C23H15F2IN2O2. The maximum atomic E-state index is 13.7. The minimum Gasteiger partial charge on any atom is -0.488 e. The van der Waals surface area contributed by atoms with Crippen LogP contribution < -0.4 is 10.1 Å². The Kier molecular flexibility index (Phi) is 7.14. The maximum Gasteiger partial charge on any atom is 0.266 e. The summed E-state index contributed by atoms with van der Waals surface area (Å²) >= 11 is 2.06. The van der Waals surface area contributed by atoms with E-state index in [0.717, 1.165) is 3.57 Å². The standard InChI is InChI=1S/C23H15F2IN2O2/c24-18-6-2-1-5-16(18)14-30-22-10-9-15(12-20(22)26)11-17(13-27)23(29)28-21-8-4-3-7-19(21)25/h1-12H,14H2,(H,28,29)/b17-11-. The maximum absolute atomic E-state index is 13.7. The van der Waals surface area contributed by atoms with Crippen molar-refractivity contribution in [3.63, 3.8) is 0 Å². The molecule has 0 aliphatic rings. The lowest BCUT2D eigenvalue weighted by molar-refractivity contribution is -0.112. The van der Waals surface area contributed by atoms with Gasteiger partial charge in [-0.05, 0) is 64.6 Å². The number of amides is 1. The number of para-hydroxylation sites is 1. The number of rotatable bonds is 6. The lowest BCUT2D eigenvalue weighted by Crippen LogP contribution is -2.14. The van der Waals surface area contributed by atoms with Crippen LogP contribution in [0.15, 0.2) is 72.3 Å². The van der Waals surface area contributed by atoms with Crippen LogP contribution >= 0.6 is 22.6 Å². The number of anilines is 1. The average Bonchev–Trinajstić information content (AvgIpc) is 2.74. The second-order valence-corrected chi connectivity index (χ2v) is 7.34. The predicted octanol–water partition coefficient (Wildman–Crippen LogP) is 5.69. The topological polar surface area (TPSA) is 62.1 Å². The Morgan fingerprint density at radius 3 is 2.43 bits per heavy atom. The molecule has 0 saturated carbocycles. The molecule has 0 unspecified atom stereocenters. The molecule has 0 atom stereocenters. The van der Waals surface area contributed by atoms with Crippen molar-refractivity contribution in [2.24, 2.45) is 0 Å². The highest BCUT2D eigenvalue weighted by Gasteiger charge is 2.12. The zero-order chi connectivity index (χ0) is 21.5. The number of carbonyl (C=O) groups is 1. The average molecular weight is 516 g/mol. The number of hydrogen-bond acceptors (Lipinski definition) is 3. The van der Waals surface area contributed by atoms with E-state index in [0.29, 0.717) is 16.9 Å². The third-order valence-corrected chi connectivity index (χ3v) is 4.94. The number of hydrogen-bond donors (Lipinski definition) is 1. The summed E-state index contributed by atoms with van der Waals surface area (Å²) in [7, 11) is 0. The molecule has 0 aliphatic heterocycles. The van der Waals surface area contributed by atoms with Crippen LogP contribution in [0.4, 0.5) is 14.5 Å². The molecule has 7 heteroatoms. The van der Waals surface area contributed by atoms with Crippen LogP contribution in [0.3, 0.4) is 0 Å². The van der Waals surface area contributed by atoms with Crippen LogP contribution in [-0.2, 0) is 11.4 Å². The summed E-state index contributed by atoms with van der Waals surface area (Å²) in [5.74, 6) is -1.09. The largest absolute Gasteiger partial charge is 0.488 e. The number of nitrogens with one attached hydrogen (secondary N) is 1. The van der Waals surface area contributed by atoms with E-state index in [1.165, 1.54) is 30.3 Å². The molecule has 3 aromatic rings. The van der Waals surface area contributed by atoms with Crippen molar-refractivity contribution in [1.29, 1.82) is 5.26 Å². The quantitative estimate of drug-likeness (QED) is 0.260. The van der Waals surface area contributed by atoms with Crippen molar-refractivity contribution >= 4 is 40.3 Å². The molecule has 0 spiro atoms. The lowest BCUT2D eigenvalue weighted by atomic mass is 10.1. The molecule has 0 heterocycles. The zero-order valence-corrected chi connectivity index (χ0v) is 17.7. The van der Waals surface area contributed by atoms with E-state index < -0.39 is 11.7 Å². The molecule has 0 fully saturated rings. The number of benzene rings is 3. The van der Waals surface area contributed by atoms with E-state index in [2.05, 4.69) is 27.9 Å². The number of nitriles is 1. The molecule has 30 heavy (non-hydrogen) atoms. The highest BCUT2D eigenvalue weighted by atomic mass is 127. The summed E-state index contributed by atoms with van der Waals surface area (Å²) in [6.07, 6.45) is 1.40. The Morgan fingerprint density at radius 1 is 1.07 bits per heavy atom. The van der Waals surface area contributed by atoms with Gasteiger partial charge in [-0.3, -0.25) is 4.79 Å². The molecule has 1 N–H and O–H groups in total. The highest BCUT2D eigenvalue weighted by molar-refractivity contribution is 14.1. The number of carbonyl (C=O) groups excluding carboxylic acids is 1. The van der Waals surface area contributed by atoms with Crippen LogP contribution in [0.25, 0.3) is 6.08 Å². The zero-order valence-electron chi connectivity index (χ0n) is 15.5. The monoisotopic (exact) mass is 516 g/mol. The van der Waals surface area contributed by atoms with Gasteiger partial charge in [-0.25, -0.2) is 8.78 Å². The van der Waals surface area contributed by atoms with Crippen molar-refractivity contribution in [2.45, 2.75) is 6.61 Å². The van der Waals surface area contributed by atoms with Gasteiger partial charge in [0.05, 0.1) is 9.26 Å². The van der Waals surface area contributed by atoms with Crippen LogP contribution in [0, 0.1) is 26.5 Å². The summed E-state index contributed by atoms with van der Waals surface area (Å²) < 4.78 is 33.8. The molecule has 1 amide bonds. The lowest BCUT2D eigenvalue weighted by Gasteiger charge is -2.10. The molecule has 0 aliphatic carbocycles. The normalized spacial score (nSPS) is 10.9. The van der Waals surface area contributed by atoms with E-state index >= 15 is 0 Å². The van der Waals surface area contributed by atoms with Gasteiger partial charge in [-0.15, -0.1) is 0 Å². The van der Waals surface area contributed by atoms with Crippen LogP contribution in [0.5, 0.6) is 5.75 Å². The number of halogens is 3. The third-order valence-electron chi connectivity index (χ3n) is 4.10. The van der Waals surface area contributed by atoms with E-state index in [1.54, 1.807) is 42.5 Å². The molecule has 0 bridgehead atoms. The fourth-order valence-corrected chi connectivity index (χ4v) is 3.26. The van der Waals surface area contributed by atoms with Gasteiger partial charge in [0.1, 0.15) is 35.6 Å². The fourth-order valence-electron chi connectivity index (χ4n) is 2.56. The highest BCUT2D eigenvalue weighted by Crippen LogP contribution is 2.25. The Morgan fingerprint density at radius 2 is 1.77 bits per heavy atom. The van der Waals surface area contributed by atoms with Crippen LogP contribution in [0.1, 0.15) is 11.1 Å². The predicted molar refractivity (Wildman–Crippen MR) is 119 cm³/mol. The van der Waals surface area contributed by atoms with Crippen LogP contribution in [-0.4, -0.2) is 5.91 Å². The molecule has 150 valence electrons. The fraction of sp³-hybridized carbons (Fsp3) is 0.0435. The van der Waals surface area contributed by atoms with Crippen molar-refractivity contribution in [3.8, 4) is 11.8 Å². The van der Waals surface area contributed by atoms with Gasteiger partial charge in [0.2, 0.25) is 0 Å². The van der Waals surface area contributed by atoms with Gasteiger partial charge in [-0.2, -0.15) is 5.26 Å². The summed E-state index contributed by atoms with van der Waals surface area (Å²) in [6, 6.07) is 19.0. The molecule has 0 saturated heterocycles. The molecular weight excluding hydrogens is 501 g/mol. The van der Waals surface area contributed by atoms with Gasteiger partial charge < -0.3 is 10.1 Å². The van der Waals surface area contributed by atoms with Crippen molar-refractivity contribution < 1.29 is 18.3 Å². The number of nitrogens with zero attached hydrogens (tertiary/aromatic N) is 1. The van der Waals surface area contributed by atoms with Gasteiger partial charge in [0.25, 0.3) is 5.91 Å². The van der Waals surface area contributed by atoms with Crippen molar-refractivity contribution in [1.82, 2.24) is 0 Å². The second kappa shape index (κ2) is 9.98. The van der Waals surface area contributed by atoms with Gasteiger partial charge >= 0.3 is 0 Å². The van der Waals surface area contributed by atoms with Gasteiger partial charge in [0, 0.05) is 5.56 Å². The number of ether oxygens (including phenoxy) is 1. The van der Waals surface area contributed by atoms with E-state index in [-0.39, 0.29) is 23.7 Å². The molecule has 3 aromatic carbocycles. The molecule has 0 radical (unpaired) electrons. The molecule has 4 nitrogen and oxygen atoms in total. The van der Waals surface area contributed by atoms with E-state index in [9.17, 15) is 18.8 Å². The Bertz CT molecular complexity index is 1160. The third kappa shape index (κ3) is 5.42. The van der Waals surface area contributed by atoms with E-state index in [1.807, 2.05) is 6.07 Å².